The van der Waals surface area contributed by atoms with Gasteiger partial charge in [-0.3, -0.25) is 0 Å². The molecule has 0 N–H and O–H groups in total. The Morgan fingerprint density at radius 3 is 1.36 bits per heavy atom. The molecule has 2 rings (SSSR count). The molecule has 0 aliphatic carbocycles. The predicted octanol–water partition coefficient (Wildman–Crippen LogP) is 3.98. The van der Waals surface area contributed by atoms with Crippen molar-refractivity contribution in [2.24, 2.45) is 0 Å². The van der Waals surface area contributed by atoms with Crippen molar-refractivity contribution in [3.8, 4) is 0 Å². The van der Waals surface area contributed by atoms with E-state index in [0.717, 1.165) is 3.14 Å². The van der Waals surface area contributed by atoms with Crippen LogP contribution in [-0.4, -0.2) is 75.9 Å². The van der Waals surface area contributed by atoms with E-state index in [1.165, 1.54) is 56.7 Å². The van der Waals surface area contributed by atoms with Crippen molar-refractivity contribution in [1.82, 2.24) is 0 Å². The molecule has 22 heavy (non-hydrogen) atoms. The Morgan fingerprint density at radius 1 is 0.591 bits per heavy atom. The van der Waals surface area contributed by atoms with Crippen molar-refractivity contribution in [3.63, 3.8) is 0 Å². The molecule has 2 heterocycles. The van der Waals surface area contributed by atoms with Gasteiger partial charge in [0, 0.05) is 0 Å². The van der Waals surface area contributed by atoms with Crippen LogP contribution < -0.4 is 7.55 Å². The zero-order chi connectivity index (χ0) is 15.5. The van der Waals surface area contributed by atoms with Gasteiger partial charge in [-0.15, -0.1) is 0 Å². The third-order valence-electron chi connectivity index (χ3n) is 2.56. The van der Waals surface area contributed by atoms with Gasteiger partial charge in [0.25, 0.3) is 0 Å². The third-order valence-corrected chi connectivity index (χ3v) is 17.9. The van der Waals surface area contributed by atoms with Crippen molar-refractivity contribution < 1.29 is 0 Å². The summed E-state index contributed by atoms with van der Waals surface area (Å²) in [4.78, 5) is 0. The van der Waals surface area contributed by atoms with Gasteiger partial charge >= 0.3 is 179 Å². The number of thioether (sulfide) groups is 4. The van der Waals surface area contributed by atoms with Crippen LogP contribution in [-0.2, 0) is 0 Å². The summed E-state index contributed by atoms with van der Waals surface area (Å²) in [6, 6.07) is 0. The summed E-state index contributed by atoms with van der Waals surface area (Å²) >= 11 is 19.2. The first kappa shape index (κ1) is 21.0. The van der Waals surface area contributed by atoms with Crippen LogP contribution in [0.4, 0.5) is 0 Å². The maximum absolute atomic E-state index is 5.44. The second-order valence-corrected chi connectivity index (χ2v) is 18.1. The van der Waals surface area contributed by atoms with Crippen LogP contribution in [0, 0.1) is 3.14 Å². The van der Waals surface area contributed by atoms with Crippen molar-refractivity contribution >= 4 is 119 Å². The Bertz CT molecular complexity index is 421. The molecule has 0 aromatic carbocycles. The van der Waals surface area contributed by atoms with Crippen molar-refractivity contribution in [1.29, 1.82) is 0 Å². The Balaban J connectivity index is 1.80. The maximum atomic E-state index is 5.44. The van der Waals surface area contributed by atoms with E-state index >= 15 is 0 Å². The second kappa shape index (κ2) is 13.9. The first-order chi connectivity index (χ1) is 10.9. The van der Waals surface area contributed by atoms with Gasteiger partial charge in [0.15, 0.2) is 0 Å². The SMILES string of the molecule is S=c1sc2c(s1)[Se]CCSCCSCCSCCSCC[Se]2. The molecule has 0 unspecified atom stereocenters. The summed E-state index contributed by atoms with van der Waals surface area (Å²) in [6.07, 6.45) is 0. The van der Waals surface area contributed by atoms with Crippen LogP contribution in [0.1, 0.15) is 0 Å². The Labute approximate surface area is 177 Å². The molecule has 1 aliphatic heterocycles. The van der Waals surface area contributed by atoms with Gasteiger partial charge in [0.05, 0.1) is 0 Å². The summed E-state index contributed by atoms with van der Waals surface area (Å²) < 4.78 is 4.52. The van der Waals surface area contributed by atoms with Crippen LogP contribution in [0.3, 0.4) is 0 Å². The average Bonchev–Trinajstić information content (AvgIpc) is 2.86. The van der Waals surface area contributed by atoms with Gasteiger partial charge in [-0.1, -0.05) is 0 Å². The first-order valence-corrected chi connectivity index (χ1v) is 17.9. The zero-order valence-corrected chi connectivity index (χ0v) is 21.4. The summed E-state index contributed by atoms with van der Waals surface area (Å²) in [5, 5.41) is 2.77. The molecule has 1 aliphatic rings. The van der Waals surface area contributed by atoms with Crippen LogP contribution in [0.5, 0.6) is 0 Å². The average molecular weight is 559 g/mol. The van der Waals surface area contributed by atoms with Crippen molar-refractivity contribution in [3.05, 3.63) is 3.14 Å². The summed E-state index contributed by atoms with van der Waals surface area (Å²) in [7, 11) is 0. The minimum absolute atomic E-state index is 0.671. The molecular formula is C13H20S7Se2. The second-order valence-electron chi connectivity index (χ2n) is 4.18. The minimum atomic E-state index is 0.671. The molecule has 0 radical (unpaired) electrons. The topological polar surface area (TPSA) is 0 Å². The van der Waals surface area contributed by atoms with Gasteiger partial charge in [0.1, 0.15) is 0 Å². The number of fused-ring (bicyclic) bond motifs is 1. The Kier molecular flexibility index (Phi) is 13.2. The molecule has 9 heteroatoms. The monoisotopic (exact) mass is 560 g/mol. The van der Waals surface area contributed by atoms with E-state index in [1.54, 1.807) is 7.55 Å². The number of rotatable bonds is 0. The number of hydrogen-bond donors (Lipinski definition) is 0. The van der Waals surface area contributed by atoms with E-state index in [-0.39, 0.29) is 0 Å². The van der Waals surface area contributed by atoms with E-state index in [9.17, 15) is 0 Å². The molecule has 0 amide bonds. The van der Waals surface area contributed by atoms with Gasteiger partial charge in [-0.2, -0.15) is 0 Å². The number of hydrogen-bond acceptors (Lipinski definition) is 7. The molecule has 1 aromatic heterocycles. The molecule has 0 saturated heterocycles. The molecule has 126 valence electrons. The van der Waals surface area contributed by atoms with E-state index in [2.05, 4.69) is 47.0 Å². The summed E-state index contributed by atoms with van der Waals surface area (Å²) in [5.41, 5.74) is 0. The normalized spacial score (nSPS) is 20.7. The van der Waals surface area contributed by atoms with Crippen molar-refractivity contribution in [2.75, 3.05) is 46.0 Å². The fourth-order valence-corrected chi connectivity index (χ4v) is 17.9. The molecule has 0 spiro atoms. The third kappa shape index (κ3) is 9.42. The van der Waals surface area contributed by atoms with E-state index in [0.29, 0.717) is 29.9 Å². The zero-order valence-electron chi connectivity index (χ0n) is 12.2. The molecule has 0 atom stereocenters. The van der Waals surface area contributed by atoms with Gasteiger partial charge in [0.2, 0.25) is 0 Å². The van der Waals surface area contributed by atoms with Crippen LogP contribution in [0.15, 0.2) is 0 Å². The Hall–Kier alpha value is 2.71. The van der Waals surface area contributed by atoms with E-state index < -0.39 is 0 Å². The van der Waals surface area contributed by atoms with Crippen LogP contribution >= 0.6 is 81.9 Å². The van der Waals surface area contributed by atoms with E-state index in [1.807, 2.05) is 22.7 Å². The molecular weight excluding hydrogens is 539 g/mol. The van der Waals surface area contributed by atoms with Crippen LogP contribution in [0.25, 0.3) is 0 Å². The first-order valence-electron chi connectivity index (χ1n) is 7.07. The molecule has 1 aromatic rings. The molecule has 0 bridgehead atoms. The summed E-state index contributed by atoms with van der Waals surface area (Å²) in [5.74, 6) is 10.7. The Morgan fingerprint density at radius 2 is 0.955 bits per heavy atom. The van der Waals surface area contributed by atoms with Gasteiger partial charge in [-0.05, 0) is 0 Å². The molecule has 0 nitrogen and oxygen atoms in total. The van der Waals surface area contributed by atoms with Crippen molar-refractivity contribution in [2.45, 2.75) is 10.6 Å². The fraction of sp³-hybridized carbons (Fsp3) is 0.769. The quantitative estimate of drug-likeness (QED) is 0.348. The standard InChI is InChI=1S/C13H20S7Se2/c14-13-19-11-12(20-13)22-10-8-18-6-4-16-2-1-15-3-5-17-7-9-21-11/h1-10H2. The predicted molar refractivity (Wildman–Crippen MR) is 123 cm³/mol. The van der Waals surface area contributed by atoms with Crippen LogP contribution in [0.2, 0.25) is 10.6 Å². The molecule has 0 saturated carbocycles. The van der Waals surface area contributed by atoms with E-state index in [4.69, 9.17) is 12.2 Å². The summed E-state index contributed by atoms with van der Waals surface area (Å²) in [6.45, 7) is 0. The fourth-order valence-electron chi connectivity index (χ4n) is 1.58. The van der Waals surface area contributed by atoms with Gasteiger partial charge in [-0.25, -0.2) is 0 Å². The molecule has 0 fully saturated rings. The van der Waals surface area contributed by atoms with Gasteiger partial charge < -0.3 is 0 Å².